The standard InChI is InChI=1S/C15H16ClF3N2O3/c16-12-2-1-10(7-11(12)15(17,18)19)20-13(22)8-21-5-3-9(4-6-21)14(23)24/h1-2,7,9H,3-6,8H2,(H,20,22)(H,23,24). The van der Waals surface area contributed by atoms with E-state index in [2.05, 4.69) is 5.32 Å². The molecule has 1 heterocycles. The number of nitrogens with zero attached hydrogens (tertiary/aromatic N) is 1. The van der Waals surface area contributed by atoms with Gasteiger partial charge >= 0.3 is 12.1 Å². The first kappa shape index (κ1) is 18.5. The van der Waals surface area contributed by atoms with Crippen molar-refractivity contribution in [2.75, 3.05) is 25.0 Å². The van der Waals surface area contributed by atoms with Crippen molar-refractivity contribution in [3.8, 4) is 0 Å². The molecular formula is C15H16ClF3N2O3. The number of halogens is 4. The largest absolute Gasteiger partial charge is 0.481 e. The van der Waals surface area contributed by atoms with Crippen molar-refractivity contribution in [3.63, 3.8) is 0 Å². The number of aliphatic carboxylic acids is 1. The summed E-state index contributed by atoms with van der Waals surface area (Å²) in [5.74, 6) is -1.71. The third kappa shape index (κ3) is 4.85. The first-order chi connectivity index (χ1) is 11.2. The molecule has 0 radical (unpaired) electrons. The van der Waals surface area contributed by atoms with E-state index in [4.69, 9.17) is 16.7 Å². The molecule has 1 aromatic rings. The van der Waals surface area contributed by atoms with Crippen LogP contribution in [0.25, 0.3) is 0 Å². The first-order valence-corrected chi connectivity index (χ1v) is 7.66. The fourth-order valence-corrected chi connectivity index (χ4v) is 2.79. The monoisotopic (exact) mass is 364 g/mol. The Morgan fingerprint density at radius 1 is 1.29 bits per heavy atom. The van der Waals surface area contributed by atoms with Gasteiger partial charge in [-0.15, -0.1) is 0 Å². The molecule has 0 aliphatic carbocycles. The van der Waals surface area contributed by atoms with Gasteiger partial charge in [-0.2, -0.15) is 13.2 Å². The number of anilines is 1. The SMILES string of the molecule is O=C(CN1CCC(C(=O)O)CC1)Nc1ccc(Cl)c(C(F)(F)F)c1. The molecule has 0 saturated carbocycles. The molecule has 0 aromatic heterocycles. The fraction of sp³-hybridized carbons (Fsp3) is 0.467. The number of likely N-dealkylation sites (tertiary alicyclic amines) is 1. The van der Waals surface area contributed by atoms with Gasteiger partial charge in [-0.1, -0.05) is 11.6 Å². The highest BCUT2D eigenvalue weighted by molar-refractivity contribution is 6.31. The van der Waals surface area contributed by atoms with Gasteiger partial charge in [0, 0.05) is 5.69 Å². The quantitative estimate of drug-likeness (QED) is 0.861. The van der Waals surface area contributed by atoms with Crippen LogP contribution in [0.5, 0.6) is 0 Å². The van der Waals surface area contributed by atoms with E-state index in [0.29, 0.717) is 25.9 Å². The molecule has 5 nitrogen and oxygen atoms in total. The minimum absolute atomic E-state index is 0.00365. The highest BCUT2D eigenvalue weighted by Crippen LogP contribution is 2.36. The topological polar surface area (TPSA) is 69.6 Å². The van der Waals surface area contributed by atoms with Crippen LogP contribution in [0.2, 0.25) is 5.02 Å². The van der Waals surface area contributed by atoms with Gasteiger partial charge in [-0.3, -0.25) is 14.5 Å². The number of nitrogens with one attached hydrogen (secondary N) is 1. The number of hydrogen-bond acceptors (Lipinski definition) is 3. The summed E-state index contributed by atoms with van der Waals surface area (Å²) in [4.78, 5) is 24.6. The van der Waals surface area contributed by atoms with Crippen LogP contribution >= 0.6 is 11.6 Å². The molecule has 9 heteroatoms. The molecule has 2 N–H and O–H groups in total. The normalized spacial score (nSPS) is 16.8. The van der Waals surface area contributed by atoms with E-state index >= 15 is 0 Å². The van der Waals surface area contributed by atoms with Crippen LogP contribution in [-0.2, 0) is 15.8 Å². The first-order valence-electron chi connectivity index (χ1n) is 7.28. The molecule has 1 amide bonds. The predicted molar refractivity (Wildman–Crippen MR) is 81.9 cm³/mol. The number of rotatable bonds is 4. The maximum Gasteiger partial charge on any atom is 0.417 e. The molecule has 0 unspecified atom stereocenters. The van der Waals surface area contributed by atoms with Crippen LogP contribution in [0.4, 0.5) is 18.9 Å². The lowest BCUT2D eigenvalue weighted by atomic mass is 9.97. The summed E-state index contributed by atoms with van der Waals surface area (Å²) >= 11 is 5.52. The third-order valence-corrected chi connectivity index (χ3v) is 4.19. The number of alkyl halides is 3. The van der Waals surface area contributed by atoms with Gasteiger partial charge in [0.2, 0.25) is 5.91 Å². The second kappa shape index (κ2) is 7.40. The second-order valence-electron chi connectivity index (χ2n) is 5.63. The summed E-state index contributed by atoms with van der Waals surface area (Å²) in [5.41, 5.74) is -0.999. The Hall–Kier alpha value is -1.80. The molecule has 132 valence electrons. The minimum Gasteiger partial charge on any atom is -0.481 e. The van der Waals surface area contributed by atoms with Crippen LogP contribution in [0.3, 0.4) is 0 Å². The highest BCUT2D eigenvalue weighted by atomic mass is 35.5. The van der Waals surface area contributed by atoms with Crippen LogP contribution in [0.1, 0.15) is 18.4 Å². The summed E-state index contributed by atoms with van der Waals surface area (Å²) in [6, 6.07) is 3.17. The Morgan fingerprint density at radius 3 is 2.46 bits per heavy atom. The lowest BCUT2D eigenvalue weighted by Crippen LogP contribution is -2.40. The van der Waals surface area contributed by atoms with Gasteiger partial charge < -0.3 is 10.4 Å². The summed E-state index contributed by atoms with van der Waals surface area (Å²) < 4.78 is 38.4. The van der Waals surface area contributed by atoms with E-state index < -0.39 is 34.6 Å². The minimum atomic E-state index is -4.60. The maximum absolute atomic E-state index is 12.8. The van der Waals surface area contributed by atoms with Crippen molar-refractivity contribution in [3.05, 3.63) is 28.8 Å². The Morgan fingerprint density at radius 2 is 1.92 bits per heavy atom. The summed E-state index contributed by atoms with van der Waals surface area (Å²) in [5, 5.41) is 10.9. The van der Waals surface area contributed by atoms with Gasteiger partial charge in [-0.25, -0.2) is 0 Å². The van der Waals surface area contributed by atoms with Crippen molar-refractivity contribution >= 4 is 29.2 Å². The molecule has 1 aliphatic heterocycles. The lowest BCUT2D eigenvalue weighted by molar-refractivity contribution is -0.143. The van der Waals surface area contributed by atoms with Crippen molar-refractivity contribution in [2.24, 2.45) is 5.92 Å². The predicted octanol–water partition coefficient (Wildman–Crippen LogP) is 3.09. The Labute approximate surface area is 141 Å². The third-order valence-electron chi connectivity index (χ3n) is 3.86. The summed E-state index contributed by atoms with van der Waals surface area (Å²) in [6.45, 7) is 0.911. The number of carbonyl (C=O) groups excluding carboxylic acids is 1. The number of amides is 1. The molecular weight excluding hydrogens is 349 g/mol. The summed E-state index contributed by atoms with van der Waals surface area (Å²) in [7, 11) is 0. The van der Waals surface area contributed by atoms with Gasteiger partial charge in [-0.05, 0) is 44.1 Å². The molecule has 1 aromatic carbocycles. The average Bonchev–Trinajstić information content (AvgIpc) is 2.48. The van der Waals surface area contributed by atoms with Gasteiger partial charge in [0.15, 0.2) is 0 Å². The van der Waals surface area contributed by atoms with E-state index in [1.165, 1.54) is 6.07 Å². The zero-order valence-corrected chi connectivity index (χ0v) is 13.3. The number of carboxylic acid groups (broad SMARTS) is 1. The van der Waals surface area contributed by atoms with E-state index in [9.17, 15) is 22.8 Å². The molecule has 2 rings (SSSR count). The van der Waals surface area contributed by atoms with E-state index in [-0.39, 0.29) is 12.2 Å². The number of hydrogen-bond donors (Lipinski definition) is 2. The molecule has 0 bridgehead atoms. The van der Waals surface area contributed by atoms with E-state index in [0.717, 1.165) is 12.1 Å². The molecule has 1 aliphatic rings. The van der Waals surface area contributed by atoms with Crippen molar-refractivity contribution in [1.82, 2.24) is 4.90 Å². The Bertz CT molecular complexity index is 629. The van der Waals surface area contributed by atoms with Crippen LogP contribution < -0.4 is 5.32 Å². The van der Waals surface area contributed by atoms with Crippen LogP contribution in [-0.4, -0.2) is 41.5 Å². The van der Waals surface area contributed by atoms with E-state index in [1.54, 1.807) is 4.90 Å². The van der Waals surface area contributed by atoms with Crippen LogP contribution in [0, 0.1) is 5.92 Å². The van der Waals surface area contributed by atoms with Crippen LogP contribution in [0.15, 0.2) is 18.2 Å². The molecule has 1 fully saturated rings. The second-order valence-corrected chi connectivity index (χ2v) is 6.04. The van der Waals surface area contributed by atoms with Crippen molar-refractivity contribution in [2.45, 2.75) is 19.0 Å². The fourth-order valence-electron chi connectivity index (χ4n) is 2.56. The van der Waals surface area contributed by atoms with Crippen molar-refractivity contribution in [1.29, 1.82) is 0 Å². The zero-order valence-electron chi connectivity index (χ0n) is 12.6. The average molecular weight is 365 g/mol. The lowest BCUT2D eigenvalue weighted by Gasteiger charge is -2.29. The molecule has 0 atom stereocenters. The highest BCUT2D eigenvalue weighted by Gasteiger charge is 2.33. The van der Waals surface area contributed by atoms with Gasteiger partial charge in [0.1, 0.15) is 0 Å². The molecule has 0 spiro atoms. The van der Waals surface area contributed by atoms with E-state index in [1.807, 2.05) is 0 Å². The number of carboxylic acids is 1. The Kier molecular flexibility index (Phi) is 5.71. The zero-order chi connectivity index (χ0) is 17.9. The van der Waals surface area contributed by atoms with Gasteiger partial charge in [0.05, 0.1) is 23.0 Å². The number of piperidine rings is 1. The maximum atomic E-state index is 12.8. The van der Waals surface area contributed by atoms with Crippen molar-refractivity contribution < 1.29 is 27.9 Å². The molecule has 24 heavy (non-hydrogen) atoms. The smallest absolute Gasteiger partial charge is 0.417 e. The summed E-state index contributed by atoms with van der Waals surface area (Å²) in [6.07, 6.45) is -3.71. The number of carbonyl (C=O) groups is 2. The Balaban J connectivity index is 1.93. The molecule has 1 saturated heterocycles. The van der Waals surface area contributed by atoms with Gasteiger partial charge in [0.25, 0.3) is 0 Å². The number of benzene rings is 1.